The maximum absolute atomic E-state index is 8.36. The van der Waals surface area contributed by atoms with Crippen molar-refractivity contribution in [2.75, 3.05) is 7.05 Å². The van der Waals surface area contributed by atoms with Crippen molar-refractivity contribution in [3.63, 3.8) is 0 Å². The second-order valence-corrected chi connectivity index (χ2v) is 0.476. The Bertz CT molecular complexity index is 71.7. The van der Waals surface area contributed by atoms with Gasteiger partial charge in [-0.05, 0) is 7.05 Å². The van der Waals surface area contributed by atoms with Gasteiger partial charge in [-0.25, -0.2) is 0 Å². The van der Waals surface area contributed by atoms with Gasteiger partial charge in [0.15, 0.2) is 0 Å². The third-order valence-electron chi connectivity index (χ3n) is 0. The zero-order chi connectivity index (χ0) is 9.15. The van der Waals surface area contributed by atoms with E-state index < -0.39 is 10.2 Å². The second-order valence-electron chi connectivity index (χ2n) is 0.476. The van der Waals surface area contributed by atoms with Crippen LogP contribution in [0.4, 0.5) is 0 Å². The molecule has 0 saturated heterocycles. The summed E-state index contributed by atoms with van der Waals surface area (Å²) in [4.78, 5) is 16.7. The Hall–Kier alpha value is -1.68. The van der Waals surface area contributed by atoms with Crippen LogP contribution in [0, 0.1) is 20.2 Å². The molecular formula is CH9N3O7. The van der Waals surface area contributed by atoms with Gasteiger partial charge in [0.05, 0.1) is 0 Å². The van der Waals surface area contributed by atoms with E-state index in [4.69, 9.17) is 30.6 Å². The van der Waals surface area contributed by atoms with E-state index in [0.29, 0.717) is 0 Å². The van der Waals surface area contributed by atoms with Gasteiger partial charge in [-0.3, -0.25) is 0 Å². The zero-order valence-corrected chi connectivity index (χ0v) is 5.50. The Morgan fingerprint density at radius 2 is 1.09 bits per heavy atom. The van der Waals surface area contributed by atoms with Crippen LogP contribution in [0.25, 0.3) is 0 Å². The Labute approximate surface area is 60.4 Å². The SMILES string of the molecule is CN.O.O=[N+]([O-])O.O=[N+]([O-])O. The molecule has 0 atom stereocenters. The molecule has 0 bridgehead atoms. The number of hydrogen-bond donors (Lipinski definition) is 3. The van der Waals surface area contributed by atoms with Crippen molar-refractivity contribution in [1.82, 2.24) is 0 Å². The lowest BCUT2D eigenvalue weighted by molar-refractivity contribution is -0.742. The first kappa shape index (κ1) is 22.8. The largest absolute Gasteiger partial charge is 0.412 e. The fraction of sp³-hybridized carbons (Fsp3) is 1.00. The summed E-state index contributed by atoms with van der Waals surface area (Å²) >= 11 is 0. The monoisotopic (exact) mass is 175 g/mol. The summed E-state index contributed by atoms with van der Waals surface area (Å²) in [5, 5.41) is 27.3. The van der Waals surface area contributed by atoms with Gasteiger partial charge in [0, 0.05) is 0 Å². The number of nitrogens with zero attached hydrogens (tertiary/aromatic N) is 2. The van der Waals surface area contributed by atoms with Crippen LogP contribution in [0.2, 0.25) is 0 Å². The number of hydrogen-bond acceptors (Lipinski definition) is 5. The van der Waals surface area contributed by atoms with E-state index in [1.807, 2.05) is 0 Å². The average molecular weight is 175 g/mol. The molecular weight excluding hydrogens is 166 g/mol. The van der Waals surface area contributed by atoms with Crippen LogP contribution in [0.15, 0.2) is 0 Å². The van der Waals surface area contributed by atoms with E-state index in [-0.39, 0.29) is 5.48 Å². The molecule has 0 aliphatic rings. The Morgan fingerprint density at radius 1 is 1.09 bits per heavy atom. The molecule has 10 nitrogen and oxygen atoms in total. The summed E-state index contributed by atoms with van der Waals surface area (Å²) < 4.78 is 0. The first-order valence-electron chi connectivity index (χ1n) is 1.71. The highest BCUT2D eigenvalue weighted by Crippen LogP contribution is 1.38. The fourth-order valence-corrected chi connectivity index (χ4v) is 0. The van der Waals surface area contributed by atoms with Crippen LogP contribution in [-0.2, 0) is 0 Å². The van der Waals surface area contributed by atoms with Crippen molar-refractivity contribution in [1.29, 1.82) is 0 Å². The summed E-state index contributed by atoms with van der Waals surface area (Å²) in [6.07, 6.45) is 0. The standard InChI is InChI=1S/CH5N.2HNO3.H2O/c1-2;2*2-1(3)4;/h2H2,1H3;2*(H,2,3,4);1H2. The molecule has 0 radical (unpaired) electrons. The van der Waals surface area contributed by atoms with Gasteiger partial charge < -0.3 is 21.6 Å². The van der Waals surface area contributed by atoms with Crippen LogP contribution in [-0.4, -0.2) is 33.1 Å². The van der Waals surface area contributed by atoms with E-state index in [1.54, 1.807) is 0 Å². The van der Waals surface area contributed by atoms with Gasteiger partial charge in [0.25, 0.3) is 10.2 Å². The molecule has 0 aliphatic heterocycles. The molecule has 0 amide bonds. The van der Waals surface area contributed by atoms with Gasteiger partial charge in [-0.15, -0.1) is 20.2 Å². The molecule has 0 aromatic carbocycles. The van der Waals surface area contributed by atoms with Gasteiger partial charge in [0.1, 0.15) is 0 Å². The van der Waals surface area contributed by atoms with Gasteiger partial charge in [0.2, 0.25) is 0 Å². The van der Waals surface area contributed by atoms with E-state index in [2.05, 4.69) is 5.73 Å². The van der Waals surface area contributed by atoms with E-state index in [1.165, 1.54) is 7.05 Å². The number of nitrogens with two attached hydrogens (primary N) is 1. The van der Waals surface area contributed by atoms with Crippen molar-refractivity contribution in [3.05, 3.63) is 20.2 Å². The lowest BCUT2D eigenvalue weighted by atomic mass is 11.6. The summed E-state index contributed by atoms with van der Waals surface area (Å²) in [7, 11) is 1.50. The molecule has 0 spiro atoms. The highest BCUT2D eigenvalue weighted by molar-refractivity contribution is 3.83. The Balaban J connectivity index is -0.0000000339. The second kappa shape index (κ2) is 23.9. The predicted molar refractivity (Wildman–Crippen MR) is 31.3 cm³/mol. The van der Waals surface area contributed by atoms with Crippen molar-refractivity contribution < 1.29 is 26.1 Å². The van der Waals surface area contributed by atoms with Gasteiger partial charge in [-0.2, -0.15) is 0 Å². The molecule has 0 unspecified atom stereocenters. The Morgan fingerprint density at radius 3 is 1.09 bits per heavy atom. The van der Waals surface area contributed by atoms with Crippen LogP contribution in [0.5, 0.6) is 0 Å². The molecule has 0 fully saturated rings. The van der Waals surface area contributed by atoms with Crippen LogP contribution < -0.4 is 5.73 Å². The molecule has 70 valence electrons. The minimum atomic E-state index is -1.50. The number of rotatable bonds is 0. The van der Waals surface area contributed by atoms with Crippen LogP contribution in [0.1, 0.15) is 0 Å². The first-order valence-corrected chi connectivity index (χ1v) is 1.71. The molecule has 6 N–H and O–H groups in total. The summed E-state index contributed by atoms with van der Waals surface area (Å²) in [5.41, 5.74) is 4.50. The molecule has 0 rings (SSSR count). The maximum Gasteiger partial charge on any atom is 0.291 e. The summed E-state index contributed by atoms with van der Waals surface area (Å²) in [6, 6.07) is 0. The highest BCUT2D eigenvalue weighted by Gasteiger charge is 1.65. The average Bonchev–Trinajstić information content (AvgIpc) is 1.66. The van der Waals surface area contributed by atoms with Gasteiger partial charge in [-0.1, -0.05) is 0 Å². The molecule has 10 heteroatoms. The van der Waals surface area contributed by atoms with Gasteiger partial charge >= 0.3 is 0 Å². The van der Waals surface area contributed by atoms with Crippen molar-refractivity contribution in [3.8, 4) is 0 Å². The van der Waals surface area contributed by atoms with Crippen molar-refractivity contribution in [2.45, 2.75) is 0 Å². The lowest BCUT2D eigenvalue weighted by Crippen LogP contribution is -1.81. The van der Waals surface area contributed by atoms with Crippen molar-refractivity contribution in [2.24, 2.45) is 5.73 Å². The summed E-state index contributed by atoms with van der Waals surface area (Å²) in [5.74, 6) is 0. The zero-order valence-electron chi connectivity index (χ0n) is 5.50. The van der Waals surface area contributed by atoms with Crippen molar-refractivity contribution >= 4 is 0 Å². The normalized spacial score (nSPS) is 4.91. The fourth-order valence-electron chi connectivity index (χ4n) is 0. The first-order chi connectivity index (χ1) is 4.46. The van der Waals surface area contributed by atoms with E-state index >= 15 is 0 Å². The molecule has 11 heavy (non-hydrogen) atoms. The minimum absolute atomic E-state index is 0. The molecule has 0 aromatic heterocycles. The predicted octanol–water partition coefficient (Wildman–Crippen LogP) is -1.95. The maximum atomic E-state index is 8.36. The molecule has 0 aliphatic carbocycles. The minimum Gasteiger partial charge on any atom is -0.412 e. The highest BCUT2D eigenvalue weighted by atomic mass is 16.9. The quantitative estimate of drug-likeness (QED) is 0.282. The molecule has 0 heterocycles. The molecule has 0 aromatic rings. The van der Waals surface area contributed by atoms with Crippen LogP contribution in [0.3, 0.4) is 0 Å². The third kappa shape index (κ3) is 118. The van der Waals surface area contributed by atoms with E-state index in [9.17, 15) is 0 Å². The smallest absolute Gasteiger partial charge is 0.291 e. The topological polar surface area (TPSA) is 184 Å². The van der Waals surface area contributed by atoms with E-state index in [0.717, 1.165) is 0 Å². The summed E-state index contributed by atoms with van der Waals surface area (Å²) in [6.45, 7) is 0. The van der Waals surface area contributed by atoms with Crippen LogP contribution >= 0.6 is 0 Å². The molecule has 0 saturated carbocycles. The Kier molecular flexibility index (Phi) is 49.5. The lowest BCUT2D eigenvalue weighted by Gasteiger charge is -1.56. The third-order valence-corrected chi connectivity index (χ3v) is 0.